The minimum Gasteiger partial charge on any atom is -0.462 e. The Morgan fingerprint density at radius 1 is 1.00 bits per heavy atom. The molecule has 16 heavy (non-hydrogen) atoms. The lowest BCUT2D eigenvalue weighted by Gasteiger charge is -2.07. The van der Waals surface area contributed by atoms with Crippen LogP contribution in [0.4, 0.5) is 0 Å². The van der Waals surface area contributed by atoms with Gasteiger partial charge in [-0.2, -0.15) is 0 Å². The van der Waals surface area contributed by atoms with Crippen LogP contribution in [0, 0.1) is 0 Å². The molecule has 0 saturated carbocycles. The van der Waals surface area contributed by atoms with Gasteiger partial charge in [0.05, 0.1) is 13.2 Å². The van der Waals surface area contributed by atoms with Crippen molar-refractivity contribution in [2.75, 3.05) is 13.2 Å². The van der Waals surface area contributed by atoms with Crippen LogP contribution >= 0.6 is 0 Å². The summed E-state index contributed by atoms with van der Waals surface area (Å²) in [4.78, 5) is 33.7. The highest BCUT2D eigenvalue weighted by Crippen LogP contribution is 2.06. The highest BCUT2D eigenvalue weighted by molar-refractivity contribution is 6.20. The molecule has 0 atom stereocenters. The van der Waals surface area contributed by atoms with Crippen molar-refractivity contribution in [1.29, 1.82) is 0 Å². The van der Waals surface area contributed by atoms with Crippen molar-refractivity contribution in [3.63, 3.8) is 0 Å². The van der Waals surface area contributed by atoms with Gasteiger partial charge in [-0.3, -0.25) is 4.79 Å². The van der Waals surface area contributed by atoms with E-state index in [9.17, 15) is 14.4 Å². The maximum absolute atomic E-state index is 11.3. The van der Waals surface area contributed by atoms with Crippen molar-refractivity contribution >= 4 is 17.7 Å². The fraction of sp³-hybridized carbons (Fsp3) is 0.500. The van der Waals surface area contributed by atoms with Crippen molar-refractivity contribution in [1.82, 2.24) is 0 Å². The average Bonchev–Trinajstić information content (AvgIpc) is 2.17. The van der Waals surface area contributed by atoms with Crippen LogP contribution in [0.2, 0.25) is 0 Å². The normalized spacial score (nSPS) is 11.4. The Bertz CT molecular complexity index is 332. The molecule has 0 aromatic heterocycles. The maximum Gasteiger partial charge on any atom is 0.355 e. The number of Topliss-reactive ketones (excluding diaryl/α,β-unsaturated/α-hetero) is 1. The fourth-order valence-electron chi connectivity index (χ4n) is 0.958. The first-order valence-corrected chi connectivity index (χ1v) is 4.80. The lowest BCUT2D eigenvalue weighted by Crippen LogP contribution is -2.25. The van der Waals surface area contributed by atoms with Gasteiger partial charge in [0.15, 0.2) is 5.78 Å². The molecule has 6 heteroatoms. The number of carbonyl (C=O) groups is 3. The summed E-state index contributed by atoms with van der Waals surface area (Å²) in [5, 5.41) is 0. The fourth-order valence-corrected chi connectivity index (χ4v) is 0.958. The molecular formula is C10H15NO5. The van der Waals surface area contributed by atoms with Gasteiger partial charge in [-0.05, 0) is 20.8 Å². The summed E-state index contributed by atoms with van der Waals surface area (Å²) in [5.74, 6) is -2.45. The van der Waals surface area contributed by atoms with Gasteiger partial charge in [0, 0.05) is 0 Å². The molecule has 0 bridgehead atoms. The highest BCUT2D eigenvalue weighted by atomic mass is 16.5. The summed E-state index contributed by atoms with van der Waals surface area (Å²) in [7, 11) is 0. The third-order valence-corrected chi connectivity index (χ3v) is 1.60. The Balaban J connectivity index is 5.15. The zero-order valence-corrected chi connectivity index (χ0v) is 9.53. The van der Waals surface area contributed by atoms with E-state index in [0.29, 0.717) is 0 Å². The number of esters is 2. The number of nitrogens with two attached hydrogens (primary N) is 1. The summed E-state index contributed by atoms with van der Waals surface area (Å²) in [5.41, 5.74) is 4.37. The van der Waals surface area contributed by atoms with E-state index in [1.807, 2.05) is 0 Å². The van der Waals surface area contributed by atoms with E-state index in [-0.39, 0.29) is 13.2 Å². The van der Waals surface area contributed by atoms with Gasteiger partial charge in [0.25, 0.3) is 0 Å². The SMILES string of the molecule is CCOC(=O)/C(N)=C(\C(C)=O)C(=O)OCC. The van der Waals surface area contributed by atoms with E-state index in [2.05, 4.69) is 9.47 Å². The lowest BCUT2D eigenvalue weighted by molar-refractivity contribution is -0.143. The lowest BCUT2D eigenvalue weighted by atomic mass is 10.1. The molecule has 0 aromatic carbocycles. The third kappa shape index (κ3) is 3.72. The minimum absolute atomic E-state index is 0.0890. The first kappa shape index (κ1) is 14.2. The molecule has 0 aliphatic heterocycles. The maximum atomic E-state index is 11.3. The summed E-state index contributed by atoms with van der Waals surface area (Å²) < 4.78 is 9.19. The van der Waals surface area contributed by atoms with Gasteiger partial charge in [0.1, 0.15) is 11.3 Å². The van der Waals surface area contributed by atoms with Crippen molar-refractivity contribution in [3.05, 3.63) is 11.3 Å². The number of ether oxygens (including phenoxy) is 2. The first-order valence-electron chi connectivity index (χ1n) is 4.80. The first-order chi connectivity index (χ1) is 7.45. The van der Waals surface area contributed by atoms with Gasteiger partial charge < -0.3 is 15.2 Å². The zero-order valence-electron chi connectivity index (χ0n) is 9.53. The second kappa shape index (κ2) is 6.60. The summed E-state index contributed by atoms with van der Waals surface area (Å²) in [6.07, 6.45) is 0. The molecule has 0 aromatic rings. The van der Waals surface area contributed by atoms with Crippen LogP contribution in [0.15, 0.2) is 11.3 Å². The van der Waals surface area contributed by atoms with Crippen LogP contribution in [-0.4, -0.2) is 30.9 Å². The average molecular weight is 229 g/mol. The molecule has 0 spiro atoms. The second-order valence-electron chi connectivity index (χ2n) is 2.79. The van der Waals surface area contributed by atoms with Gasteiger partial charge in [-0.15, -0.1) is 0 Å². The predicted octanol–water partition coefficient (Wildman–Crippen LogP) is -0.0856. The van der Waals surface area contributed by atoms with Crippen LogP contribution in [0.25, 0.3) is 0 Å². The topological polar surface area (TPSA) is 95.7 Å². The largest absolute Gasteiger partial charge is 0.462 e. The minimum atomic E-state index is -0.916. The Kier molecular flexibility index (Phi) is 5.84. The number of ketones is 1. The molecule has 2 N–H and O–H groups in total. The zero-order chi connectivity index (χ0) is 12.7. The molecule has 0 amide bonds. The van der Waals surface area contributed by atoms with Crippen LogP contribution < -0.4 is 5.73 Å². The van der Waals surface area contributed by atoms with Crippen molar-refractivity contribution in [3.8, 4) is 0 Å². The molecule has 90 valence electrons. The Morgan fingerprint density at radius 3 is 1.81 bits per heavy atom. The molecule has 0 radical (unpaired) electrons. The van der Waals surface area contributed by atoms with Crippen molar-refractivity contribution < 1.29 is 23.9 Å². The van der Waals surface area contributed by atoms with E-state index in [1.54, 1.807) is 13.8 Å². The number of rotatable bonds is 5. The smallest absolute Gasteiger partial charge is 0.355 e. The predicted molar refractivity (Wildman–Crippen MR) is 55.2 cm³/mol. The summed E-state index contributed by atoms with van der Waals surface area (Å²) >= 11 is 0. The summed E-state index contributed by atoms with van der Waals surface area (Å²) in [6, 6.07) is 0. The van der Waals surface area contributed by atoms with Crippen molar-refractivity contribution in [2.45, 2.75) is 20.8 Å². The molecule has 0 unspecified atom stereocenters. The Morgan fingerprint density at radius 2 is 1.44 bits per heavy atom. The molecule has 0 aliphatic rings. The van der Waals surface area contributed by atoms with E-state index in [0.717, 1.165) is 6.92 Å². The van der Waals surface area contributed by atoms with E-state index in [1.165, 1.54) is 0 Å². The Hall–Kier alpha value is -1.85. The van der Waals surface area contributed by atoms with Gasteiger partial charge in [-0.25, -0.2) is 9.59 Å². The molecule has 0 saturated heterocycles. The second-order valence-corrected chi connectivity index (χ2v) is 2.79. The number of hydrogen-bond acceptors (Lipinski definition) is 6. The summed E-state index contributed by atoms with van der Waals surface area (Å²) in [6.45, 7) is 4.48. The molecule has 0 heterocycles. The van der Waals surface area contributed by atoms with Gasteiger partial charge in [0.2, 0.25) is 0 Å². The van der Waals surface area contributed by atoms with Crippen LogP contribution in [0.3, 0.4) is 0 Å². The van der Waals surface area contributed by atoms with Crippen LogP contribution in [0.5, 0.6) is 0 Å². The van der Waals surface area contributed by atoms with E-state index >= 15 is 0 Å². The van der Waals surface area contributed by atoms with Crippen LogP contribution in [0.1, 0.15) is 20.8 Å². The Labute approximate surface area is 93.4 Å². The quantitative estimate of drug-likeness (QED) is 0.306. The standard InChI is InChI=1S/C10H15NO5/c1-4-15-9(13)7(6(3)12)8(11)10(14)16-5-2/h4-5,11H2,1-3H3/b8-7-. The van der Waals surface area contributed by atoms with Crippen LogP contribution in [-0.2, 0) is 23.9 Å². The van der Waals surface area contributed by atoms with E-state index < -0.39 is 29.0 Å². The number of carbonyl (C=O) groups excluding carboxylic acids is 3. The molecule has 0 rings (SSSR count). The monoisotopic (exact) mass is 229 g/mol. The van der Waals surface area contributed by atoms with Gasteiger partial charge >= 0.3 is 11.9 Å². The molecular weight excluding hydrogens is 214 g/mol. The molecule has 0 fully saturated rings. The van der Waals surface area contributed by atoms with Gasteiger partial charge in [-0.1, -0.05) is 0 Å². The molecule has 0 aliphatic carbocycles. The van der Waals surface area contributed by atoms with E-state index in [4.69, 9.17) is 5.73 Å². The number of hydrogen-bond donors (Lipinski definition) is 1. The molecule has 6 nitrogen and oxygen atoms in total. The third-order valence-electron chi connectivity index (χ3n) is 1.60. The van der Waals surface area contributed by atoms with Crippen molar-refractivity contribution in [2.24, 2.45) is 5.73 Å². The highest BCUT2D eigenvalue weighted by Gasteiger charge is 2.24.